The van der Waals surface area contributed by atoms with Crippen LogP contribution in [0.2, 0.25) is 5.02 Å². The summed E-state index contributed by atoms with van der Waals surface area (Å²) in [4.78, 5) is 27.5. The van der Waals surface area contributed by atoms with Crippen LogP contribution in [-0.4, -0.2) is 64.3 Å². The molecule has 0 unspecified atom stereocenters. The van der Waals surface area contributed by atoms with Gasteiger partial charge in [0, 0.05) is 24.7 Å². The third-order valence-corrected chi connectivity index (χ3v) is 6.09. The first kappa shape index (κ1) is 24.5. The first-order valence-corrected chi connectivity index (χ1v) is 10.4. The zero-order valence-corrected chi connectivity index (χ0v) is 18.6. The minimum absolute atomic E-state index is 0.0206. The normalized spacial score (nSPS) is 20.3. The molecule has 30 heavy (non-hydrogen) atoms. The SMILES string of the molecule is CC(C)[C@H](C[C@H](O)[C@@H](N)CN1CC(=O)N(c2cc(F)ccc2Cl)CC1(C)C)C(=O)O. The molecular weight excluding hydrogens is 413 g/mol. The van der Waals surface area contributed by atoms with Crippen LogP contribution < -0.4 is 10.6 Å². The summed E-state index contributed by atoms with van der Waals surface area (Å²) in [6, 6.07) is 3.17. The number of nitrogens with zero attached hydrogens (tertiary/aromatic N) is 2. The lowest BCUT2D eigenvalue weighted by atomic mass is 9.87. The van der Waals surface area contributed by atoms with Crippen molar-refractivity contribution in [1.29, 1.82) is 0 Å². The molecule has 1 saturated heterocycles. The van der Waals surface area contributed by atoms with E-state index in [1.807, 2.05) is 18.7 Å². The number of hydrogen-bond acceptors (Lipinski definition) is 5. The number of halogens is 2. The van der Waals surface area contributed by atoms with Crippen LogP contribution in [-0.2, 0) is 9.59 Å². The molecule has 3 atom stereocenters. The molecule has 1 aliphatic rings. The van der Waals surface area contributed by atoms with Crippen molar-refractivity contribution in [2.45, 2.75) is 51.8 Å². The van der Waals surface area contributed by atoms with Crippen molar-refractivity contribution in [2.75, 3.05) is 24.5 Å². The van der Waals surface area contributed by atoms with Gasteiger partial charge < -0.3 is 20.8 Å². The fourth-order valence-corrected chi connectivity index (χ4v) is 3.95. The van der Waals surface area contributed by atoms with Crippen LogP contribution >= 0.6 is 11.6 Å². The molecule has 1 amide bonds. The summed E-state index contributed by atoms with van der Waals surface area (Å²) in [6.45, 7) is 7.93. The van der Waals surface area contributed by atoms with Gasteiger partial charge in [-0.2, -0.15) is 0 Å². The molecule has 168 valence electrons. The Bertz CT molecular complexity index is 790. The van der Waals surface area contributed by atoms with Gasteiger partial charge in [-0.15, -0.1) is 0 Å². The van der Waals surface area contributed by atoms with Gasteiger partial charge in [0.15, 0.2) is 0 Å². The number of aliphatic hydroxyl groups excluding tert-OH is 1. The highest BCUT2D eigenvalue weighted by atomic mass is 35.5. The minimum Gasteiger partial charge on any atom is -0.481 e. The maximum Gasteiger partial charge on any atom is 0.306 e. The topological polar surface area (TPSA) is 107 Å². The van der Waals surface area contributed by atoms with Crippen LogP contribution in [0.15, 0.2) is 18.2 Å². The van der Waals surface area contributed by atoms with E-state index in [-0.39, 0.29) is 42.9 Å². The van der Waals surface area contributed by atoms with E-state index in [1.54, 1.807) is 13.8 Å². The fourth-order valence-electron chi connectivity index (χ4n) is 3.73. The van der Waals surface area contributed by atoms with Gasteiger partial charge in [0.25, 0.3) is 0 Å². The number of aliphatic carboxylic acids is 1. The van der Waals surface area contributed by atoms with Gasteiger partial charge in [0.1, 0.15) is 5.82 Å². The zero-order valence-electron chi connectivity index (χ0n) is 17.8. The molecule has 1 aromatic rings. The van der Waals surface area contributed by atoms with Gasteiger partial charge in [-0.05, 0) is 44.4 Å². The predicted molar refractivity (Wildman–Crippen MR) is 114 cm³/mol. The number of piperazine rings is 1. The number of carbonyl (C=O) groups excluding carboxylic acids is 1. The van der Waals surface area contributed by atoms with Crippen molar-refractivity contribution in [1.82, 2.24) is 4.90 Å². The maximum atomic E-state index is 13.7. The van der Waals surface area contributed by atoms with E-state index in [0.29, 0.717) is 5.69 Å². The zero-order chi connectivity index (χ0) is 22.8. The smallest absolute Gasteiger partial charge is 0.306 e. The van der Waals surface area contributed by atoms with Crippen LogP contribution in [0.5, 0.6) is 0 Å². The lowest BCUT2D eigenvalue weighted by molar-refractivity contribution is -0.144. The molecule has 0 aromatic heterocycles. The standard InChI is InChI=1S/C21H31ClFN3O4/c1-12(2)14(20(29)30)8-18(27)16(24)9-25-10-19(28)26(11-21(25,3)4)17-7-13(23)5-6-15(17)22/h5-7,12,14,16,18,27H,8-11,24H2,1-4H3,(H,29,30)/t14-,16-,18-/m0/s1. The molecule has 1 fully saturated rings. The molecule has 7 nitrogen and oxygen atoms in total. The Balaban J connectivity index is 2.10. The number of rotatable bonds is 8. The molecule has 2 rings (SSSR count). The molecule has 0 saturated carbocycles. The van der Waals surface area contributed by atoms with Gasteiger partial charge in [-0.1, -0.05) is 25.4 Å². The van der Waals surface area contributed by atoms with Crippen molar-refractivity contribution >= 4 is 29.2 Å². The molecule has 1 aromatic carbocycles. The molecule has 0 bridgehead atoms. The first-order chi connectivity index (χ1) is 13.8. The highest BCUT2D eigenvalue weighted by molar-refractivity contribution is 6.33. The molecule has 0 radical (unpaired) electrons. The summed E-state index contributed by atoms with van der Waals surface area (Å²) in [5.41, 5.74) is 5.97. The molecule has 0 aliphatic carbocycles. The Kier molecular flexibility index (Phi) is 7.85. The summed E-state index contributed by atoms with van der Waals surface area (Å²) >= 11 is 6.17. The highest BCUT2D eigenvalue weighted by Gasteiger charge is 2.40. The molecular formula is C21H31ClFN3O4. The van der Waals surface area contributed by atoms with Gasteiger partial charge >= 0.3 is 5.97 Å². The summed E-state index contributed by atoms with van der Waals surface area (Å²) in [6.07, 6.45) is -0.975. The number of carboxylic acids is 1. The van der Waals surface area contributed by atoms with Crippen LogP contribution in [0, 0.1) is 17.7 Å². The van der Waals surface area contributed by atoms with Crippen molar-refractivity contribution in [2.24, 2.45) is 17.6 Å². The lowest BCUT2D eigenvalue weighted by Gasteiger charge is -2.47. The van der Waals surface area contributed by atoms with Crippen LogP contribution in [0.3, 0.4) is 0 Å². The summed E-state index contributed by atoms with van der Waals surface area (Å²) in [5.74, 6) is -2.54. The average Bonchev–Trinajstić information content (AvgIpc) is 2.63. The van der Waals surface area contributed by atoms with Gasteiger partial charge in [0.05, 0.1) is 29.3 Å². The van der Waals surface area contributed by atoms with Crippen LogP contribution in [0.25, 0.3) is 0 Å². The number of benzene rings is 1. The van der Waals surface area contributed by atoms with Gasteiger partial charge in [0.2, 0.25) is 5.91 Å². The average molecular weight is 444 g/mol. The second-order valence-corrected chi connectivity index (χ2v) is 9.33. The Morgan fingerprint density at radius 2 is 2.00 bits per heavy atom. The molecule has 1 heterocycles. The number of carbonyl (C=O) groups is 2. The molecule has 4 N–H and O–H groups in total. The van der Waals surface area contributed by atoms with E-state index in [1.165, 1.54) is 23.1 Å². The van der Waals surface area contributed by atoms with Gasteiger partial charge in [-0.3, -0.25) is 14.5 Å². The molecule has 0 spiro atoms. The Morgan fingerprint density at radius 3 is 2.57 bits per heavy atom. The van der Waals surface area contributed by atoms with Gasteiger partial charge in [-0.25, -0.2) is 4.39 Å². The van der Waals surface area contributed by atoms with Crippen molar-refractivity contribution < 1.29 is 24.2 Å². The molecule has 9 heteroatoms. The predicted octanol–water partition coefficient (Wildman–Crippen LogP) is 2.34. The summed E-state index contributed by atoms with van der Waals surface area (Å²) in [7, 11) is 0. The number of hydrogen-bond donors (Lipinski definition) is 3. The van der Waals surface area contributed by atoms with E-state index < -0.39 is 35.4 Å². The Labute approximate surface area is 181 Å². The summed E-state index contributed by atoms with van der Waals surface area (Å²) in [5, 5.41) is 20.1. The Hall–Kier alpha value is -1.74. The third kappa shape index (κ3) is 5.69. The quantitative estimate of drug-likeness (QED) is 0.569. The van der Waals surface area contributed by atoms with E-state index in [0.717, 1.165) is 0 Å². The van der Waals surface area contributed by atoms with Crippen molar-refractivity contribution in [3.05, 3.63) is 29.0 Å². The lowest BCUT2D eigenvalue weighted by Crippen LogP contribution is -2.64. The highest BCUT2D eigenvalue weighted by Crippen LogP contribution is 2.32. The van der Waals surface area contributed by atoms with Crippen LogP contribution in [0.4, 0.5) is 10.1 Å². The minimum atomic E-state index is -1.02. The van der Waals surface area contributed by atoms with E-state index in [2.05, 4.69) is 0 Å². The maximum absolute atomic E-state index is 13.7. The first-order valence-electron chi connectivity index (χ1n) is 10.0. The second kappa shape index (κ2) is 9.60. The number of carboxylic acid groups (broad SMARTS) is 1. The summed E-state index contributed by atoms with van der Waals surface area (Å²) < 4.78 is 13.7. The monoisotopic (exact) mass is 443 g/mol. The number of anilines is 1. The van der Waals surface area contributed by atoms with E-state index in [9.17, 15) is 24.2 Å². The largest absolute Gasteiger partial charge is 0.481 e. The van der Waals surface area contributed by atoms with Crippen molar-refractivity contribution in [3.63, 3.8) is 0 Å². The Morgan fingerprint density at radius 1 is 1.37 bits per heavy atom. The van der Waals surface area contributed by atoms with Crippen molar-refractivity contribution in [3.8, 4) is 0 Å². The number of amides is 1. The van der Waals surface area contributed by atoms with Crippen LogP contribution in [0.1, 0.15) is 34.1 Å². The molecule has 1 aliphatic heterocycles. The van der Waals surface area contributed by atoms with E-state index >= 15 is 0 Å². The second-order valence-electron chi connectivity index (χ2n) is 8.92. The fraction of sp³-hybridized carbons (Fsp3) is 0.619. The third-order valence-electron chi connectivity index (χ3n) is 5.77. The van der Waals surface area contributed by atoms with E-state index in [4.69, 9.17) is 17.3 Å². The number of nitrogens with two attached hydrogens (primary N) is 1. The number of aliphatic hydroxyl groups is 1.